The molecule has 0 saturated carbocycles. The van der Waals surface area contributed by atoms with E-state index in [1.165, 1.54) is 0 Å². The Morgan fingerprint density at radius 3 is 2.00 bits per heavy atom. The highest BCUT2D eigenvalue weighted by atomic mass is 16.4. The average Bonchev–Trinajstić information content (AvgIpc) is 2.74. The molecule has 3 amide bonds. The summed E-state index contributed by atoms with van der Waals surface area (Å²) in [7, 11) is 0. The van der Waals surface area contributed by atoms with Crippen LogP contribution >= 0.6 is 0 Å². The quantitative estimate of drug-likeness (QED) is 0.135. The number of carbonyl (C=O) groups is 4. The number of carboxylic acids is 1. The second-order valence-corrected chi connectivity index (χ2v) is 7.72. The third-order valence-electron chi connectivity index (χ3n) is 5.10. The summed E-state index contributed by atoms with van der Waals surface area (Å²) in [5.74, 6) is -3.01. The minimum atomic E-state index is -1.13. The number of hydrogen-bond donors (Lipinski definition) is 7. The monoisotopic (exact) mass is 444 g/mol. The Morgan fingerprint density at radius 1 is 0.903 bits per heavy atom. The van der Waals surface area contributed by atoms with Crippen molar-refractivity contribution in [2.24, 2.45) is 23.1 Å². The molecule has 0 bridgehead atoms. The average molecular weight is 445 g/mol. The molecule has 0 aliphatic heterocycles. The lowest BCUT2D eigenvalue weighted by atomic mass is 9.98. The van der Waals surface area contributed by atoms with Crippen LogP contribution in [0.4, 0.5) is 0 Å². The molecular formula is C20H40N6O5. The van der Waals surface area contributed by atoms with Crippen LogP contribution in [-0.2, 0) is 19.2 Å². The summed E-state index contributed by atoms with van der Waals surface area (Å²) < 4.78 is 0. The number of amides is 3. The third-order valence-corrected chi connectivity index (χ3v) is 5.10. The maximum absolute atomic E-state index is 12.7. The summed E-state index contributed by atoms with van der Waals surface area (Å²) in [5.41, 5.74) is 16.7. The van der Waals surface area contributed by atoms with Gasteiger partial charge in [0, 0.05) is 0 Å². The smallest absolute Gasteiger partial charge is 0.326 e. The molecule has 0 saturated heterocycles. The summed E-state index contributed by atoms with van der Waals surface area (Å²) in [6.45, 7) is 4.18. The molecule has 31 heavy (non-hydrogen) atoms. The number of nitrogens with one attached hydrogen (secondary N) is 3. The van der Waals surface area contributed by atoms with E-state index in [0.29, 0.717) is 51.6 Å². The van der Waals surface area contributed by atoms with Crippen LogP contribution in [0.1, 0.15) is 58.8 Å². The number of aliphatic carboxylic acids is 1. The van der Waals surface area contributed by atoms with Gasteiger partial charge in [0.2, 0.25) is 17.7 Å². The zero-order valence-corrected chi connectivity index (χ0v) is 18.7. The van der Waals surface area contributed by atoms with Gasteiger partial charge in [0.15, 0.2) is 0 Å². The summed E-state index contributed by atoms with van der Waals surface area (Å²) in [6.07, 6.45) is 4.03. The molecule has 0 aliphatic rings. The fourth-order valence-corrected chi connectivity index (χ4v) is 2.88. The fourth-order valence-electron chi connectivity index (χ4n) is 2.88. The van der Waals surface area contributed by atoms with Crippen LogP contribution in [0.3, 0.4) is 0 Å². The van der Waals surface area contributed by atoms with Gasteiger partial charge in [0.25, 0.3) is 0 Å². The molecule has 0 aromatic carbocycles. The van der Waals surface area contributed by atoms with E-state index in [2.05, 4.69) is 16.0 Å². The van der Waals surface area contributed by atoms with Gasteiger partial charge in [-0.3, -0.25) is 14.4 Å². The van der Waals surface area contributed by atoms with Crippen LogP contribution in [0.15, 0.2) is 0 Å². The molecule has 4 unspecified atom stereocenters. The van der Waals surface area contributed by atoms with Crippen LogP contribution in [0.5, 0.6) is 0 Å². The van der Waals surface area contributed by atoms with Crippen LogP contribution < -0.4 is 33.2 Å². The van der Waals surface area contributed by atoms with Crippen molar-refractivity contribution in [2.45, 2.75) is 76.9 Å². The number of hydrogen-bond acceptors (Lipinski definition) is 7. The Labute approximate surface area is 184 Å². The molecule has 0 heterocycles. The summed E-state index contributed by atoms with van der Waals surface area (Å²) in [4.78, 5) is 48.4. The summed E-state index contributed by atoms with van der Waals surface area (Å²) in [6, 6.07) is -2.73. The maximum Gasteiger partial charge on any atom is 0.326 e. The first-order valence-electron chi connectivity index (χ1n) is 10.9. The molecule has 0 spiro atoms. The number of unbranched alkanes of at least 4 members (excludes halogenated alkanes) is 2. The standard InChI is InChI=1S/C20H40N6O5/c1-3-13(2)17(20(30)31)26-19(29)15(9-5-7-11-22)25-16(27)12-24-18(28)14(23)8-4-6-10-21/h13-15,17H,3-12,21-23H2,1-2H3,(H,24,28)(H,25,27)(H,26,29)(H,30,31). The van der Waals surface area contributed by atoms with Crippen molar-refractivity contribution >= 4 is 23.7 Å². The van der Waals surface area contributed by atoms with E-state index in [9.17, 15) is 24.3 Å². The van der Waals surface area contributed by atoms with Crippen molar-refractivity contribution in [1.29, 1.82) is 0 Å². The predicted molar refractivity (Wildman–Crippen MR) is 118 cm³/mol. The van der Waals surface area contributed by atoms with Gasteiger partial charge in [-0.05, 0) is 51.1 Å². The first-order valence-corrected chi connectivity index (χ1v) is 10.9. The zero-order valence-electron chi connectivity index (χ0n) is 18.7. The number of rotatable bonds is 17. The van der Waals surface area contributed by atoms with Gasteiger partial charge in [0.05, 0.1) is 12.6 Å². The Morgan fingerprint density at radius 2 is 1.48 bits per heavy atom. The van der Waals surface area contributed by atoms with Crippen molar-refractivity contribution < 1.29 is 24.3 Å². The molecule has 11 nitrogen and oxygen atoms in total. The second-order valence-electron chi connectivity index (χ2n) is 7.72. The molecule has 0 aromatic heterocycles. The van der Waals surface area contributed by atoms with E-state index in [1.54, 1.807) is 6.92 Å². The normalized spacial score (nSPS) is 14.7. The molecule has 0 rings (SSSR count). The number of nitrogens with two attached hydrogens (primary N) is 3. The highest BCUT2D eigenvalue weighted by Crippen LogP contribution is 2.09. The van der Waals surface area contributed by atoms with Gasteiger partial charge in [-0.2, -0.15) is 0 Å². The maximum atomic E-state index is 12.7. The lowest BCUT2D eigenvalue weighted by Crippen LogP contribution is -2.55. The molecule has 11 heteroatoms. The van der Waals surface area contributed by atoms with E-state index < -0.39 is 41.8 Å². The molecule has 0 aromatic rings. The van der Waals surface area contributed by atoms with Gasteiger partial charge < -0.3 is 38.3 Å². The van der Waals surface area contributed by atoms with Crippen molar-refractivity contribution in [3.05, 3.63) is 0 Å². The van der Waals surface area contributed by atoms with E-state index in [-0.39, 0.29) is 12.5 Å². The Balaban J connectivity index is 4.86. The SMILES string of the molecule is CCC(C)C(NC(=O)C(CCCCN)NC(=O)CNC(=O)C(N)CCCCN)C(=O)O. The van der Waals surface area contributed by atoms with Crippen LogP contribution in [0.2, 0.25) is 0 Å². The number of carboxylic acid groups (broad SMARTS) is 1. The fraction of sp³-hybridized carbons (Fsp3) is 0.800. The minimum absolute atomic E-state index is 0.276. The molecule has 10 N–H and O–H groups in total. The van der Waals surface area contributed by atoms with Crippen molar-refractivity contribution in [1.82, 2.24) is 16.0 Å². The lowest BCUT2D eigenvalue weighted by Gasteiger charge is -2.24. The Kier molecular flexibility index (Phi) is 15.3. The number of carbonyl (C=O) groups excluding carboxylic acids is 3. The largest absolute Gasteiger partial charge is 0.480 e. The highest BCUT2D eigenvalue weighted by Gasteiger charge is 2.29. The van der Waals surface area contributed by atoms with Crippen molar-refractivity contribution in [3.8, 4) is 0 Å². The van der Waals surface area contributed by atoms with Gasteiger partial charge in [-0.25, -0.2) is 4.79 Å². The highest BCUT2D eigenvalue weighted by molar-refractivity contribution is 5.92. The third kappa shape index (κ3) is 12.3. The molecule has 180 valence electrons. The first kappa shape index (κ1) is 28.8. The molecule has 0 radical (unpaired) electrons. The van der Waals surface area contributed by atoms with E-state index >= 15 is 0 Å². The van der Waals surface area contributed by atoms with Gasteiger partial charge in [-0.1, -0.05) is 26.7 Å². The summed E-state index contributed by atoms with van der Waals surface area (Å²) >= 11 is 0. The first-order chi connectivity index (χ1) is 14.7. The van der Waals surface area contributed by atoms with Gasteiger partial charge in [-0.15, -0.1) is 0 Å². The lowest BCUT2D eigenvalue weighted by molar-refractivity contribution is -0.143. The topological polar surface area (TPSA) is 203 Å². The molecule has 4 atom stereocenters. The Bertz CT molecular complexity index is 574. The van der Waals surface area contributed by atoms with E-state index in [0.717, 1.165) is 6.42 Å². The van der Waals surface area contributed by atoms with Gasteiger partial charge >= 0.3 is 5.97 Å². The second kappa shape index (κ2) is 16.5. The van der Waals surface area contributed by atoms with E-state index in [1.807, 2.05) is 6.92 Å². The minimum Gasteiger partial charge on any atom is -0.480 e. The molecule has 0 aliphatic carbocycles. The van der Waals surface area contributed by atoms with E-state index in [4.69, 9.17) is 17.2 Å². The molecule has 0 fully saturated rings. The van der Waals surface area contributed by atoms with Crippen LogP contribution in [-0.4, -0.2) is 66.6 Å². The van der Waals surface area contributed by atoms with Crippen LogP contribution in [0, 0.1) is 5.92 Å². The van der Waals surface area contributed by atoms with Gasteiger partial charge in [0.1, 0.15) is 12.1 Å². The Hall–Kier alpha value is -2.24. The van der Waals surface area contributed by atoms with Crippen molar-refractivity contribution in [3.63, 3.8) is 0 Å². The predicted octanol–water partition coefficient (Wildman–Crippen LogP) is -1.21. The molecular weight excluding hydrogens is 404 g/mol. The zero-order chi connectivity index (χ0) is 23.8. The summed E-state index contributed by atoms with van der Waals surface area (Å²) in [5, 5.41) is 16.9. The van der Waals surface area contributed by atoms with Crippen molar-refractivity contribution in [2.75, 3.05) is 19.6 Å². The van der Waals surface area contributed by atoms with Crippen LogP contribution in [0.25, 0.3) is 0 Å².